The molecule has 1 heterocycles. The molecule has 0 bridgehead atoms. The largest absolute Gasteiger partial charge is 0.444 e. The number of hydrogen-bond acceptors (Lipinski definition) is 3. The van der Waals surface area contributed by atoms with E-state index in [1.807, 2.05) is 37.3 Å². The molecule has 0 spiro atoms. The van der Waals surface area contributed by atoms with Crippen molar-refractivity contribution in [2.45, 2.75) is 25.9 Å². The molecule has 0 aliphatic carbocycles. The Hall–Kier alpha value is -2.04. The van der Waals surface area contributed by atoms with Gasteiger partial charge in [-0.15, -0.1) is 0 Å². The molecule has 0 N–H and O–H groups in total. The first-order valence-electron chi connectivity index (χ1n) is 6.89. The molecule has 20 heavy (non-hydrogen) atoms. The maximum Gasteiger partial charge on any atom is 0.409 e. The zero-order valence-corrected chi connectivity index (χ0v) is 11.9. The van der Waals surface area contributed by atoms with E-state index < -0.39 is 0 Å². The molecule has 1 aromatic carbocycles. The fraction of sp³-hybridized carbons (Fsp3) is 0.467. The van der Waals surface area contributed by atoms with Gasteiger partial charge in [-0.25, -0.2) is 4.79 Å². The summed E-state index contributed by atoms with van der Waals surface area (Å²) >= 11 is 0. The van der Waals surface area contributed by atoms with Crippen LogP contribution in [0, 0.1) is 0 Å². The first-order chi connectivity index (χ1) is 9.61. The Balaban J connectivity index is 1.89. The molecular formula is C15H20N2O3. The molecule has 108 valence electrons. The highest BCUT2D eigenvalue weighted by atomic mass is 16.6. The number of nitrogens with zero attached hydrogens (tertiary/aromatic N) is 2. The molecule has 1 aliphatic heterocycles. The van der Waals surface area contributed by atoms with Gasteiger partial charge in [0.15, 0.2) is 0 Å². The molecule has 2 amide bonds. The second kappa shape index (κ2) is 6.41. The number of carbonyl (C=O) groups excluding carboxylic acids is 2. The SMILES string of the molecule is CCN(C(=O)CCC1CN(C)C(=O)O1)c1ccccc1. The zero-order valence-electron chi connectivity index (χ0n) is 11.9. The number of ether oxygens (including phenoxy) is 1. The number of carbonyl (C=O) groups is 2. The predicted octanol–water partition coefficient (Wildman–Crippen LogP) is 2.27. The van der Waals surface area contributed by atoms with Crippen molar-refractivity contribution in [3.8, 4) is 0 Å². The van der Waals surface area contributed by atoms with E-state index in [0.717, 1.165) is 5.69 Å². The summed E-state index contributed by atoms with van der Waals surface area (Å²) in [5, 5.41) is 0. The second-order valence-corrected chi connectivity index (χ2v) is 4.90. The van der Waals surface area contributed by atoms with Gasteiger partial charge in [-0.3, -0.25) is 4.79 Å². The van der Waals surface area contributed by atoms with Crippen molar-refractivity contribution in [1.29, 1.82) is 0 Å². The number of anilines is 1. The van der Waals surface area contributed by atoms with Crippen LogP contribution in [-0.2, 0) is 9.53 Å². The summed E-state index contributed by atoms with van der Waals surface area (Å²) < 4.78 is 5.16. The van der Waals surface area contributed by atoms with Crippen LogP contribution in [0.3, 0.4) is 0 Å². The van der Waals surface area contributed by atoms with Gasteiger partial charge in [0.1, 0.15) is 6.10 Å². The standard InChI is InChI=1S/C15H20N2O3/c1-3-17(12-7-5-4-6-8-12)14(18)10-9-13-11-16(2)15(19)20-13/h4-8,13H,3,9-11H2,1-2H3. The molecule has 2 rings (SSSR count). The Morgan fingerprint density at radius 1 is 1.40 bits per heavy atom. The van der Waals surface area contributed by atoms with Gasteiger partial charge in [-0.05, 0) is 25.5 Å². The van der Waals surface area contributed by atoms with Crippen LogP contribution in [0.5, 0.6) is 0 Å². The Kier molecular flexibility index (Phi) is 4.61. The number of benzene rings is 1. The lowest BCUT2D eigenvalue weighted by Crippen LogP contribution is -2.31. The monoisotopic (exact) mass is 276 g/mol. The molecule has 5 nitrogen and oxygen atoms in total. The predicted molar refractivity (Wildman–Crippen MR) is 76.6 cm³/mol. The van der Waals surface area contributed by atoms with Crippen LogP contribution in [-0.4, -0.2) is 43.1 Å². The fourth-order valence-electron chi connectivity index (χ4n) is 2.33. The molecule has 0 aromatic heterocycles. The van der Waals surface area contributed by atoms with E-state index in [-0.39, 0.29) is 18.1 Å². The van der Waals surface area contributed by atoms with Gasteiger partial charge < -0.3 is 14.5 Å². The van der Waals surface area contributed by atoms with Crippen molar-refractivity contribution < 1.29 is 14.3 Å². The highest BCUT2D eigenvalue weighted by Crippen LogP contribution is 2.18. The number of hydrogen-bond donors (Lipinski definition) is 0. The summed E-state index contributed by atoms with van der Waals surface area (Å²) in [5.41, 5.74) is 0.903. The Morgan fingerprint density at radius 3 is 2.65 bits per heavy atom. The van der Waals surface area contributed by atoms with Crippen molar-refractivity contribution in [1.82, 2.24) is 4.90 Å². The summed E-state index contributed by atoms with van der Waals surface area (Å²) in [6, 6.07) is 9.60. The van der Waals surface area contributed by atoms with Crippen molar-refractivity contribution in [3.05, 3.63) is 30.3 Å². The van der Waals surface area contributed by atoms with Crippen LogP contribution in [0.1, 0.15) is 19.8 Å². The van der Waals surface area contributed by atoms with Crippen LogP contribution in [0.2, 0.25) is 0 Å². The summed E-state index contributed by atoms with van der Waals surface area (Å²) in [6.45, 7) is 3.14. The third kappa shape index (κ3) is 3.29. The molecule has 1 unspecified atom stereocenters. The Morgan fingerprint density at radius 2 is 2.10 bits per heavy atom. The quantitative estimate of drug-likeness (QED) is 0.829. The summed E-state index contributed by atoms with van der Waals surface area (Å²) in [6.07, 6.45) is 0.469. The lowest BCUT2D eigenvalue weighted by molar-refractivity contribution is -0.119. The normalized spacial score (nSPS) is 18.0. The van der Waals surface area contributed by atoms with E-state index in [2.05, 4.69) is 0 Å². The summed E-state index contributed by atoms with van der Waals surface area (Å²) in [5.74, 6) is 0.0595. The van der Waals surface area contributed by atoms with Crippen LogP contribution in [0.4, 0.5) is 10.5 Å². The maximum atomic E-state index is 12.3. The topological polar surface area (TPSA) is 49.9 Å². The first kappa shape index (κ1) is 14.4. The Labute approximate surface area is 119 Å². The van der Waals surface area contributed by atoms with Gasteiger partial charge in [0.2, 0.25) is 5.91 Å². The first-order valence-corrected chi connectivity index (χ1v) is 6.89. The maximum absolute atomic E-state index is 12.3. The number of cyclic esters (lactones) is 1. The summed E-state index contributed by atoms with van der Waals surface area (Å²) in [7, 11) is 1.70. The van der Waals surface area contributed by atoms with Gasteiger partial charge in [-0.1, -0.05) is 18.2 Å². The van der Waals surface area contributed by atoms with Crippen molar-refractivity contribution >= 4 is 17.7 Å². The third-order valence-corrected chi connectivity index (χ3v) is 3.42. The lowest BCUT2D eigenvalue weighted by atomic mass is 10.1. The third-order valence-electron chi connectivity index (χ3n) is 3.42. The molecular weight excluding hydrogens is 256 g/mol. The van der Waals surface area contributed by atoms with Gasteiger partial charge in [0.05, 0.1) is 6.54 Å². The second-order valence-electron chi connectivity index (χ2n) is 4.90. The minimum atomic E-state index is -0.308. The van der Waals surface area contributed by atoms with E-state index in [0.29, 0.717) is 25.9 Å². The highest BCUT2D eigenvalue weighted by Gasteiger charge is 2.28. The van der Waals surface area contributed by atoms with Crippen LogP contribution in [0.15, 0.2) is 30.3 Å². The van der Waals surface area contributed by atoms with Crippen molar-refractivity contribution in [2.75, 3.05) is 25.0 Å². The number of likely N-dealkylation sites (N-methyl/N-ethyl adjacent to an activating group) is 1. The molecule has 1 saturated heterocycles. The average Bonchev–Trinajstić information content (AvgIpc) is 2.78. The van der Waals surface area contributed by atoms with Gasteiger partial charge in [0.25, 0.3) is 0 Å². The minimum absolute atomic E-state index is 0.0595. The van der Waals surface area contributed by atoms with Crippen LogP contribution >= 0.6 is 0 Å². The van der Waals surface area contributed by atoms with Crippen molar-refractivity contribution in [2.24, 2.45) is 0 Å². The molecule has 1 atom stereocenters. The van der Waals surface area contributed by atoms with Crippen LogP contribution < -0.4 is 4.90 Å². The van der Waals surface area contributed by atoms with Gasteiger partial charge >= 0.3 is 6.09 Å². The average molecular weight is 276 g/mol. The van der Waals surface area contributed by atoms with E-state index in [1.54, 1.807) is 11.9 Å². The van der Waals surface area contributed by atoms with Crippen molar-refractivity contribution in [3.63, 3.8) is 0 Å². The Bertz CT molecular complexity index is 475. The number of amides is 2. The van der Waals surface area contributed by atoms with Crippen LogP contribution in [0.25, 0.3) is 0 Å². The number of para-hydroxylation sites is 1. The number of rotatable bonds is 5. The van der Waals surface area contributed by atoms with E-state index in [9.17, 15) is 9.59 Å². The lowest BCUT2D eigenvalue weighted by Gasteiger charge is -2.21. The summed E-state index contributed by atoms with van der Waals surface area (Å²) in [4.78, 5) is 26.8. The molecule has 1 aromatic rings. The van der Waals surface area contributed by atoms with Gasteiger partial charge in [-0.2, -0.15) is 0 Å². The highest BCUT2D eigenvalue weighted by molar-refractivity contribution is 5.93. The molecule has 0 saturated carbocycles. The van der Waals surface area contributed by atoms with E-state index in [4.69, 9.17) is 4.74 Å². The fourth-order valence-corrected chi connectivity index (χ4v) is 2.33. The van der Waals surface area contributed by atoms with E-state index >= 15 is 0 Å². The van der Waals surface area contributed by atoms with Gasteiger partial charge in [0, 0.05) is 25.7 Å². The molecule has 1 aliphatic rings. The van der Waals surface area contributed by atoms with E-state index in [1.165, 1.54) is 4.90 Å². The smallest absolute Gasteiger partial charge is 0.409 e. The molecule has 5 heteroatoms. The zero-order chi connectivity index (χ0) is 14.5. The molecule has 0 radical (unpaired) electrons. The molecule has 1 fully saturated rings. The minimum Gasteiger partial charge on any atom is -0.444 e.